The number of hydrogen-bond acceptors (Lipinski definition) is 3. The SMILES string of the molecule is NC(=O)Oc1cccc(NC(=O)CCl)c1. The molecule has 0 fully saturated rings. The van der Waals surface area contributed by atoms with Crippen molar-refractivity contribution in [2.45, 2.75) is 0 Å². The van der Waals surface area contributed by atoms with E-state index in [0.29, 0.717) is 5.69 Å². The summed E-state index contributed by atoms with van der Waals surface area (Å²) in [6.07, 6.45) is -0.907. The van der Waals surface area contributed by atoms with Crippen molar-refractivity contribution in [1.82, 2.24) is 0 Å². The first-order valence-corrected chi connectivity index (χ1v) is 4.58. The van der Waals surface area contributed by atoms with Crippen LogP contribution in [0.4, 0.5) is 10.5 Å². The van der Waals surface area contributed by atoms with Crippen LogP contribution in [0.2, 0.25) is 0 Å². The number of nitrogens with two attached hydrogens (primary N) is 1. The first-order chi connectivity index (χ1) is 7.11. The summed E-state index contributed by atoms with van der Waals surface area (Å²) >= 11 is 5.31. The molecule has 0 aliphatic rings. The number of carbonyl (C=O) groups is 2. The van der Waals surface area contributed by atoms with Gasteiger partial charge in [-0.3, -0.25) is 4.79 Å². The highest BCUT2D eigenvalue weighted by molar-refractivity contribution is 6.29. The molecule has 0 spiro atoms. The summed E-state index contributed by atoms with van der Waals surface area (Å²) in [5.74, 6) is -0.219. The smallest absolute Gasteiger partial charge is 0.409 e. The Morgan fingerprint density at radius 2 is 2.20 bits per heavy atom. The van der Waals surface area contributed by atoms with Crippen LogP contribution >= 0.6 is 11.6 Å². The summed E-state index contributed by atoms with van der Waals surface area (Å²) in [6.45, 7) is 0. The fraction of sp³-hybridized carbons (Fsp3) is 0.111. The van der Waals surface area contributed by atoms with E-state index < -0.39 is 6.09 Å². The molecule has 0 saturated carbocycles. The molecule has 2 amide bonds. The van der Waals surface area contributed by atoms with Gasteiger partial charge in [-0.15, -0.1) is 11.6 Å². The van der Waals surface area contributed by atoms with Crippen molar-refractivity contribution >= 4 is 29.3 Å². The lowest BCUT2D eigenvalue weighted by Gasteiger charge is -2.05. The van der Waals surface area contributed by atoms with Crippen LogP contribution in [0.5, 0.6) is 5.75 Å². The van der Waals surface area contributed by atoms with Gasteiger partial charge >= 0.3 is 6.09 Å². The standard InChI is InChI=1S/C9H9ClN2O3/c10-5-8(13)12-6-2-1-3-7(4-6)15-9(11)14/h1-4H,5H2,(H2,11,14)(H,12,13). The Kier molecular flexibility index (Phi) is 3.93. The lowest BCUT2D eigenvalue weighted by atomic mass is 10.3. The third-order valence-corrected chi connectivity index (χ3v) is 1.70. The van der Waals surface area contributed by atoms with Gasteiger partial charge in [0.1, 0.15) is 11.6 Å². The Morgan fingerprint density at radius 3 is 2.80 bits per heavy atom. The number of alkyl halides is 1. The summed E-state index contributed by atoms with van der Waals surface area (Å²) < 4.78 is 4.62. The molecule has 6 heteroatoms. The van der Waals surface area contributed by atoms with E-state index in [1.54, 1.807) is 18.2 Å². The van der Waals surface area contributed by atoms with Gasteiger partial charge in [-0.2, -0.15) is 0 Å². The Balaban J connectivity index is 2.74. The third kappa shape index (κ3) is 3.86. The molecule has 1 aromatic carbocycles. The molecule has 1 aromatic rings. The topological polar surface area (TPSA) is 81.4 Å². The van der Waals surface area contributed by atoms with Gasteiger partial charge in [-0.25, -0.2) is 4.79 Å². The molecule has 80 valence electrons. The maximum absolute atomic E-state index is 10.9. The summed E-state index contributed by atoms with van der Waals surface area (Å²) in [5.41, 5.74) is 5.32. The van der Waals surface area contributed by atoms with Gasteiger partial charge in [0.25, 0.3) is 0 Å². The van der Waals surface area contributed by atoms with Crippen molar-refractivity contribution in [1.29, 1.82) is 0 Å². The number of amides is 2. The van der Waals surface area contributed by atoms with Gasteiger partial charge in [-0.05, 0) is 12.1 Å². The van der Waals surface area contributed by atoms with Gasteiger partial charge in [0.05, 0.1) is 0 Å². The number of nitrogens with one attached hydrogen (secondary N) is 1. The van der Waals surface area contributed by atoms with Gasteiger partial charge in [0.2, 0.25) is 5.91 Å². The highest BCUT2D eigenvalue weighted by Gasteiger charge is 2.02. The van der Waals surface area contributed by atoms with Gasteiger partial charge < -0.3 is 15.8 Å². The molecule has 0 aromatic heterocycles. The second-order valence-corrected chi connectivity index (χ2v) is 2.90. The van der Waals surface area contributed by atoms with E-state index in [-0.39, 0.29) is 17.5 Å². The Bertz CT molecular complexity index is 381. The van der Waals surface area contributed by atoms with E-state index in [0.717, 1.165) is 0 Å². The number of rotatable bonds is 3. The van der Waals surface area contributed by atoms with Crippen molar-refractivity contribution < 1.29 is 14.3 Å². The van der Waals surface area contributed by atoms with Crippen molar-refractivity contribution in [3.63, 3.8) is 0 Å². The zero-order valence-electron chi connectivity index (χ0n) is 7.70. The highest BCUT2D eigenvalue weighted by Crippen LogP contribution is 2.17. The van der Waals surface area contributed by atoms with Crippen molar-refractivity contribution in [2.75, 3.05) is 11.2 Å². The number of ether oxygens (including phenoxy) is 1. The van der Waals surface area contributed by atoms with Crippen LogP contribution in [0.15, 0.2) is 24.3 Å². The minimum Gasteiger partial charge on any atom is -0.410 e. The summed E-state index contributed by atoms with van der Waals surface area (Å²) in [4.78, 5) is 21.4. The monoisotopic (exact) mass is 228 g/mol. The zero-order chi connectivity index (χ0) is 11.3. The number of primary amides is 1. The van der Waals surface area contributed by atoms with Crippen LogP contribution in [0.3, 0.4) is 0 Å². The molecule has 0 heterocycles. The lowest BCUT2D eigenvalue weighted by molar-refractivity contribution is -0.113. The van der Waals surface area contributed by atoms with E-state index >= 15 is 0 Å². The second-order valence-electron chi connectivity index (χ2n) is 2.63. The second kappa shape index (κ2) is 5.21. The highest BCUT2D eigenvalue weighted by atomic mass is 35.5. The predicted molar refractivity (Wildman–Crippen MR) is 56.0 cm³/mol. The molecule has 1 rings (SSSR count). The average molecular weight is 229 g/mol. The van der Waals surface area contributed by atoms with Gasteiger partial charge in [0.15, 0.2) is 0 Å². The summed E-state index contributed by atoms with van der Waals surface area (Å²) in [5, 5.41) is 2.50. The molecule has 0 bridgehead atoms. The number of hydrogen-bond donors (Lipinski definition) is 2. The van der Waals surface area contributed by atoms with Crippen LogP contribution in [0.25, 0.3) is 0 Å². The molecule has 0 saturated heterocycles. The minimum absolute atomic E-state index is 0.138. The number of halogens is 1. The minimum atomic E-state index is -0.907. The molecule has 5 nitrogen and oxygen atoms in total. The van der Waals surface area contributed by atoms with Crippen molar-refractivity contribution in [3.8, 4) is 5.75 Å². The van der Waals surface area contributed by atoms with E-state index in [4.69, 9.17) is 17.3 Å². The normalized spacial score (nSPS) is 9.40. The van der Waals surface area contributed by atoms with Gasteiger partial charge in [0, 0.05) is 11.8 Å². The van der Waals surface area contributed by atoms with E-state index in [1.165, 1.54) is 6.07 Å². The van der Waals surface area contributed by atoms with Crippen LogP contribution in [0.1, 0.15) is 0 Å². The molecule has 0 radical (unpaired) electrons. The van der Waals surface area contributed by atoms with E-state index in [2.05, 4.69) is 10.1 Å². The van der Waals surface area contributed by atoms with Crippen LogP contribution < -0.4 is 15.8 Å². The fourth-order valence-corrected chi connectivity index (χ4v) is 1.01. The Hall–Kier alpha value is -1.75. The molecule has 3 N–H and O–H groups in total. The van der Waals surface area contributed by atoms with Gasteiger partial charge in [-0.1, -0.05) is 6.07 Å². The summed E-state index contributed by atoms with van der Waals surface area (Å²) in [7, 11) is 0. The number of carbonyl (C=O) groups excluding carboxylic acids is 2. The molecular formula is C9H9ClN2O3. The summed E-state index contributed by atoms with van der Waals surface area (Å²) in [6, 6.07) is 6.26. The quantitative estimate of drug-likeness (QED) is 0.766. The number of anilines is 1. The lowest BCUT2D eigenvalue weighted by Crippen LogP contribution is -2.16. The Labute approximate surface area is 91.2 Å². The van der Waals surface area contributed by atoms with Crippen LogP contribution in [-0.2, 0) is 4.79 Å². The first-order valence-electron chi connectivity index (χ1n) is 4.05. The molecular weight excluding hydrogens is 220 g/mol. The van der Waals surface area contributed by atoms with Crippen molar-refractivity contribution in [3.05, 3.63) is 24.3 Å². The van der Waals surface area contributed by atoms with Crippen molar-refractivity contribution in [2.24, 2.45) is 5.73 Å². The predicted octanol–water partition coefficient (Wildman–Crippen LogP) is 1.32. The third-order valence-electron chi connectivity index (χ3n) is 1.46. The van der Waals surface area contributed by atoms with Crippen LogP contribution in [-0.4, -0.2) is 17.9 Å². The Morgan fingerprint density at radius 1 is 1.47 bits per heavy atom. The maximum atomic E-state index is 10.9. The first kappa shape index (κ1) is 11.3. The molecule has 0 unspecified atom stereocenters. The van der Waals surface area contributed by atoms with E-state index in [1.807, 2.05) is 0 Å². The molecule has 0 aliphatic carbocycles. The van der Waals surface area contributed by atoms with Crippen LogP contribution in [0, 0.1) is 0 Å². The molecule has 0 aliphatic heterocycles. The average Bonchev–Trinajstić information content (AvgIpc) is 2.17. The zero-order valence-corrected chi connectivity index (χ0v) is 8.45. The van der Waals surface area contributed by atoms with E-state index in [9.17, 15) is 9.59 Å². The molecule has 15 heavy (non-hydrogen) atoms. The maximum Gasteiger partial charge on any atom is 0.409 e. The fourth-order valence-electron chi connectivity index (χ4n) is 0.948. The molecule has 0 atom stereocenters. The number of benzene rings is 1. The largest absolute Gasteiger partial charge is 0.410 e.